The fourth-order valence-electron chi connectivity index (χ4n) is 3.41. The van der Waals surface area contributed by atoms with Crippen LogP contribution in [0.25, 0.3) is 0 Å². The summed E-state index contributed by atoms with van der Waals surface area (Å²) in [5, 5.41) is 3.42. The van der Waals surface area contributed by atoms with Gasteiger partial charge in [0.1, 0.15) is 5.82 Å². The SMILES string of the molecule is COc1cc(CN2CCNCC2c2cccc(F)c2)c(SC)cc1OC.Cl. The molecule has 0 aliphatic carbocycles. The largest absolute Gasteiger partial charge is 0.493 e. The molecular formula is C20H26ClFN2O2S. The number of rotatable bonds is 6. The second kappa shape index (κ2) is 10.2. The molecule has 7 heteroatoms. The van der Waals surface area contributed by atoms with Crippen molar-refractivity contribution in [2.24, 2.45) is 0 Å². The monoisotopic (exact) mass is 412 g/mol. The van der Waals surface area contributed by atoms with Crippen molar-refractivity contribution < 1.29 is 13.9 Å². The Bertz CT molecular complexity index is 763. The second-order valence-corrected chi connectivity index (χ2v) is 7.11. The van der Waals surface area contributed by atoms with Crippen LogP contribution in [0.3, 0.4) is 0 Å². The minimum Gasteiger partial charge on any atom is -0.493 e. The van der Waals surface area contributed by atoms with E-state index in [1.807, 2.05) is 12.1 Å². The van der Waals surface area contributed by atoms with Gasteiger partial charge in [0.25, 0.3) is 0 Å². The molecule has 0 amide bonds. The molecule has 0 spiro atoms. The molecule has 1 atom stereocenters. The maximum Gasteiger partial charge on any atom is 0.161 e. The lowest BCUT2D eigenvalue weighted by atomic mass is 10.0. The van der Waals surface area contributed by atoms with E-state index in [4.69, 9.17) is 9.47 Å². The third-order valence-corrected chi connectivity index (χ3v) is 5.57. The van der Waals surface area contributed by atoms with Crippen LogP contribution >= 0.6 is 24.2 Å². The van der Waals surface area contributed by atoms with Crippen molar-refractivity contribution in [1.29, 1.82) is 0 Å². The lowest BCUT2D eigenvalue weighted by molar-refractivity contribution is 0.152. The molecule has 0 saturated carbocycles. The molecular weight excluding hydrogens is 387 g/mol. The van der Waals surface area contributed by atoms with E-state index >= 15 is 0 Å². The lowest BCUT2D eigenvalue weighted by Crippen LogP contribution is -2.45. The molecule has 2 aromatic carbocycles. The molecule has 27 heavy (non-hydrogen) atoms. The molecule has 1 heterocycles. The van der Waals surface area contributed by atoms with Crippen LogP contribution in [0.2, 0.25) is 0 Å². The minimum absolute atomic E-state index is 0. The average molecular weight is 413 g/mol. The fourth-order valence-corrected chi connectivity index (χ4v) is 4.02. The lowest BCUT2D eigenvalue weighted by Gasteiger charge is -2.37. The van der Waals surface area contributed by atoms with E-state index in [0.29, 0.717) is 0 Å². The number of nitrogens with zero attached hydrogens (tertiary/aromatic N) is 1. The molecule has 0 bridgehead atoms. The number of hydrogen-bond acceptors (Lipinski definition) is 5. The molecule has 1 aliphatic heterocycles. The van der Waals surface area contributed by atoms with Crippen LogP contribution in [0, 0.1) is 5.82 Å². The highest BCUT2D eigenvalue weighted by molar-refractivity contribution is 7.98. The summed E-state index contributed by atoms with van der Waals surface area (Å²) in [5.41, 5.74) is 2.20. The van der Waals surface area contributed by atoms with Crippen LogP contribution in [0.1, 0.15) is 17.2 Å². The van der Waals surface area contributed by atoms with Gasteiger partial charge < -0.3 is 14.8 Å². The zero-order chi connectivity index (χ0) is 18.5. The summed E-state index contributed by atoms with van der Waals surface area (Å²) in [5.74, 6) is 1.28. The Morgan fingerprint density at radius 3 is 2.59 bits per heavy atom. The number of benzene rings is 2. The molecule has 4 nitrogen and oxygen atoms in total. The maximum absolute atomic E-state index is 13.7. The van der Waals surface area contributed by atoms with Gasteiger partial charge in [-0.25, -0.2) is 4.39 Å². The number of halogens is 2. The van der Waals surface area contributed by atoms with E-state index in [9.17, 15) is 4.39 Å². The predicted molar refractivity (Wildman–Crippen MR) is 111 cm³/mol. The number of methoxy groups -OCH3 is 2. The van der Waals surface area contributed by atoms with E-state index < -0.39 is 0 Å². The molecule has 1 saturated heterocycles. The summed E-state index contributed by atoms with van der Waals surface area (Å²) < 4.78 is 24.6. The van der Waals surface area contributed by atoms with E-state index in [0.717, 1.165) is 43.2 Å². The van der Waals surface area contributed by atoms with Gasteiger partial charge in [0.05, 0.1) is 14.2 Å². The molecule has 0 aromatic heterocycles. The minimum atomic E-state index is -0.191. The highest BCUT2D eigenvalue weighted by atomic mass is 35.5. The van der Waals surface area contributed by atoms with Gasteiger partial charge in [-0.1, -0.05) is 12.1 Å². The third kappa shape index (κ3) is 5.08. The quantitative estimate of drug-likeness (QED) is 0.721. The zero-order valence-corrected chi connectivity index (χ0v) is 17.5. The van der Waals surface area contributed by atoms with E-state index in [-0.39, 0.29) is 24.3 Å². The Labute approximate surface area is 170 Å². The number of thioether (sulfide) groups is 1. The van der Waals surface area contributed by atoms with E-state index in [2.05, 4.69) is 22.5 Å². The molecule has 0 radical (unpaired) electrons. The first-order valence-corrected chi connectivity index (χ1v) is 9.88. The molecule has 1 N–H and O–H groups in total. The number of ether oxygens (including phenoxy) is 2. The van der Waals surface area contributed by atoms with Gasteiger partial charge >= 0.3 is 0 Å². The van der Waals surface area contributed by atoms with Crippen molar-refractivity contribution >= 4 is 24.2 Å². The van der Waals surface area contributed by atoms with Gasteiger partial charge in [-0.2, -0.15) is 0 Å². The van der Waals surface area contributed by atoms with Crippen molar-refractivity contribution in [3.05, 3.63) is 53.3 Å². The van der Waals surface area contributed by atoms with Crippen molar-refractivity contribution in [3.63, 3.8) is 0 Å². The number of hydrogen-bond donors (Lipinski definition) is 1. The Hall–Kier alpha value is -1.47. The van der Waals surface area contributed by atoms with Crippen LogP contribution in [0.15, 0.2) is 41.3 Å². The topological polar surface area (TPSA) is 33.7 Å². The van der Waals surface area contributed by atoms with Gasteiger partial charge in [0.15, 0.2) is 11.5 Å². The van der Waals surface area contributed by atoms with Crippen molar-refractivity contribution in [3.8, 4) is 11.5 Å². The number of piperazine rings is 1. The second-order valence-electron chi connectivity index (χ2n) is 6.26. The first kappa shape index (κ1) is 21.8. The highest BCUT2D eigenvalue weighted by Gasteiger charge is 2.25. The smallest absolute Gasteiger partial charge is 0.161 e. The molecule has 1 fully saturated rings. The first-order valence-electron chi connectivity index (χ1n) is 8.65. The fraction of sp³-hybridized carbons (Fsp3) is 0.400. The predicted octanol–water partition coefficient (Wildman–Crippen LogP) is 4.13. The van der Waals surface area contributed by atoms with Crippen LogP contribution < -0.4 is 14.8 Å². The van der Waals surface area contributed by atoms with E-state index in [1.165, 1.54) is 16.5 Å². The summed E-state index contributed by atoms with van der Waals surface area (Å²) >= 11 is 1.69. The van der Waals surface area contributed by atoms with Gasteiger partial charge in [0.2, 0.25) is 0 Å². The average Bonchev–Trinajstić information content (AvgIpc) is 2.68. The third-order valence-electron chi connectivity index (χ3n) is 4.75. The van der Waals surface area contributed by atoms with Crippen molar-refractivity contribution in [2.45, 2.75) is 17.5 Å². The van der Waals surface area contributed by atoms with Crippen LogP contribution in [-0.4, -0.2) is 45.0 Å². The van der Waals surface area contributed by atoms with Crippen LogP contribution in [-0.2, 0) is 6.54 Å². The normalized spacial score (nSPS) is 17.3. The highest BCUT2D eigenvalue weighted by Crippen LogP contribution is 2.36. The maximum atomic E-state index is 13.7. The Kier molecular flexibility index (Phi) is 8.23. The first-order chi connectivity index (χ1) is 12.7. The van der Waals surface area contributed by atoms with Crippen LogP contribution in [0.4, 0.5) is 4.39 Å². The molecule has 1 unspecified atom stereocenters. The van der Waals surface area contributed by atoms with Gasteiger partial charge in [-0.05, 0) is 41.6 Å². The summed E-state index contributed by atoms with van der Waals surface area (Å²) in [6.07, 6.45) is 2.06. The Morgan fingerprint density at radius 2 is 1.93 bits per heavy atom. The standard InChI is InChI=1S/C20H25FN2O2S.ClH/c1-24-18-10-15(20(26-3)11-19(18)25-2)13-23-8-7-22-12-17(23)14-5-4-6-16(21)9-14;/h4-6,9-11,17,22H,7-8,12-13H2,1-3H3;1H. The van der Waals surface area contributed by atoms with Gasteiger partial charge in [0, 0.05) is 37.1 Å². The van der Waals surface area contributed by atoms with Crippen molar-refractivity contribution in [1.82, 2.24) is 10.2 Å². The number of nitrogens with one attached hydrogen (secondary N) is 1. The van der Waals surface area contributed by atoms with Gasteiger partial charge in [-0.3, -0.25) is 4.90 Å². The zero-order valence-electron chi connectivity index (χ0n) is 15.8. The molecule has 148 valence electrons. The Balaban J connectivity index is 0.00000261. The molecule has 2 aromatic rings. The van der Waals surface area contributed by atoms with E-state index in [1.54, 1.807) is 38.1 Å². The van der Waals surface area contributed by atoms with Crippen molar-refractivity contribution in [2.75, 3.05) is 40.1 Å². The molecule has 3 rings (SSSR count). The summed E-state index contributed by atoms with van der Waals surface area (Å²) in [6, 6.07) is 11.1. The Morgan fingerprint density at radius 1 is 1.19 bits per heavy atom. The summed E-state index contributed by atoms with van der Waals surface area (Å²) in [7, 11) is 3.30. The van der Waals surface area contributed by atoms with Gasteiger partial charge in [-0.15, -0.1) is 24.2 Å². The van der Waals surface area contributed by atoms with Crippen LogP contribution in [0.5, 0.6) is 11.5 Å². The summed E-state index contributed by atoms with van der Waals surface area (Å²) in [6.45, 7) is 3.42. The summed E-state index contributed by atoms with van der Waals surface area (Å²) in [4.78, 5) is 3.56. The molecule has 1 aliphatic rings.